The molecule has 3 rings (SSSR count). The zero-order chi connectivity index (χ0) is 19.3. The molecule has 8 heteroatoms. The van der Waals surface area contributed by atoms with E-state index in [0.717, 1.165) is 0 Å². The molecule has 6 nitrogen and oxygen atoms in total. The summed E-state index contributed by atoms with van der Waals surface area (Å²) in [6.07, 6.45) is 4.97. The first-order valence-corrected chi connectivity index (χ1v) is 12.1. The third-order valence-corrected chi connectivity index (χ3v) is 8.38. The van der Waals surface area contributed by atoms with Gasteiger partial charge in [-0.3, -0.25) is 4.79 Å². The molecule has 150 valence electrons. The molecule has 1 saturated carbocycles. The van der Waals surface area contributed by atoms with Crippen LogP contribution in [0.25, 0.3) is 0 Å². The van der Waals surface area contributed by atoms with E-state index in [1.165, 1.54) is 30.0 Å². The summed E-state index contributed by atoms with van der Waals surface area (Å²) in [6, 6.07) is 6.51. The van der Waals surface area contributed by atoms with Gasteiger partial charge < -0.3 is 9.64 Å². The summed E-state index contributed by atoms with van der Waals surface area (Å²) in [4.78, 5) is 14.5. The van der Waals surface area contributed by atoms with Crippen molar-refractivity contribution in [3.05, 3.63) is 24.3 Å². The van der Waals surface area contributed by atoms with Gasteiger partial charge in [0, 0.05) is 31.4 Å². The summed E-state index contributed by atoms with van der Waals surface area (Å²) in [7, 11) is -3.53. The molecule has 1 aromatic rings. The lowest BCUT2D eigenvalue weighted by molar-refractivity contribution is -0.129. The molecule has 0 radical (unpaired) electrons. The van der Waals surface area contributed by atoms with Crippen LogP contribution in [0.3, 0.4) is 0 Å². The van der Waals surface area contributed by atoms with E-state index in [0.29, 0.717) is 49.5 Å². The largest absolute Gasteiger partial charge is 0.494 e. The normalized spacial score (nSPS) is 19.4. The highest BCUT2D eigenvalue weighted by atomic mass is 32.2. The van der Waals surface area contributed by atoms with Crippen molar-refractivity contribution in [2.75, 3.05) is 38.5 Å². The van der Waals surface area contributed by atoms with Gasteiger partial charge in [-0.25, -0.2) is 8.42 Å². The molecule has 1 aliphatic carbocycles. The van der Waals surface area contributed by atoms with Gasteiger partial charge in [0.2, 0.25) is 15.9 Å². The number of thioether (sulfide) groups is 1. The van der Waals surface area contributed by atoms with Crippen molar-refractivity contribution in [3.63, 3.8) is 0 Å². The van der Waals surface area contributed by atoms with Crippen LogP contribution in [0.5, 0.6) is 5.75 Å². The summed E-state index contributed by atoms with van der Waals surface area (Å²) in [5, 5.41) is 0.621. The molecular weight excluding hydrogens is 384 g/mol. The smallest absolute Gasteiger partial charge is 0.243 e. The van der Waals surface area contributed by atoms with Gasteiger partial charge in [-0.2, -0.15) is 4.31 Å². The number of carbonyl (C=O) groups is 1. The van der Waals surface area contributed by atoms with Crippen LogP contribution < -0.4 is 4.74 Å². The number of amides is 1. The predicted octanol–water partition coefficient (Wildman–Crippen LogP) is 2.59. The number of nitrogens with zero attached hydrogens (tertiary/aromatic N) is 2. The van der Waals surface area contributed by atoms with Crippen LogP contribution in [0, 0.1) is 0 Å². The highest BCUT2D eigenvalue weighted by Crippen LogP contribution is 2.29. The Morgan fingerprint density at radius 2 is 1.74 bits per heavy atom. The van der Waals surface area contributed by atoms with E-state index in [2.05, 4.69) is 0 Å². The molecule has 0 N–H and O–H groups in total. The Balaban J connectivity index is 1.51. The van der Waals surface area contributed by atoms with Crippen LogP contribution in [-0.2, 0) is 14.8 Å². The maximum Gasteiger partial charge on any atom is 0.243 e. The Hall–Kier alpha value is -1.25. The number of sulfonamides is 1. The summed E-state index contributed by atoms with van der Waals surface area (Å²) >= 11 is 1.76. The first kappa shape index (κ1) is 20.5. The number of hydrogen-bond donors (Lipinski definition) is 0. The summed E-state index contributed by atoms with van der Waals surface area (Å²) in [6.45, 7) is 4.03. The maximum absolute atomic E-state index is 12.8. The first-order chi connectivity index (χ1) is 13.0. The Bertz CT molecular complexity index is 723. The van der Waals surface area contributed by atoms with Crippen LogP contribution in [0.1, 0.15) is 32.6 Å². The minimum absolute atomic E-state index is 0.130. The lowest BCUT2D eigenvalue weighted by Crippen LogP contribution is -2.51. The Morgan fingerprint density at radius 3 is 2.33 bits per heavy atom. The van der Waals surface area contributed by atoms with Crippen LogP contribution in [-0.4, -0.2) is 67.3 Å². The second kappa shape index (κ2) is 9.30. The zero-order valence-electron chi connectivity index (χ0n) is 15.8. The molecule has 0 aromatic heterocycles. The molecule has 1 amide bonds. The Kier molecular flexibility index (Phi) is 7.05. The topological polar surface area (TPSA) is 66.9 Å². The SMILES string of the molecule is CCOc1ccc(S(=O)(=O)N2CCN(C(=O)CSC3CCCC3)CC2)cc1. The van der Waals surface area contributed by atoms with Crippen LogP contribution in [0.4, 0.5) is 0 Å². The van der Waals surface area contributed by atoms with E-state index in [1.807, 2.05) is 6.92 Å². The monoisotopic (exact) mass is 412 g/mol. The maximum atomic E-state index is 12.8. The third-order valence-electron chi connectivity index (χ3n) is 5.11. The van der Waals surface area contributed by atoms with E-state index in [4.69, 9.17) is 4.74 Å². The molecule has 1 aromatic carbocycles. The fraction of sp³-hybridized carbons (Fsp3) is 0.632. The molecule has 0 atom stereocenters. The molecular formula is C19H28N2O4S2. The van der Waals surface area contributed by atoms with Gasteiger partial charge in [0.1, 0.15) is 5.75 Å². The van der Waals surface area contributed by atoms with E-state index in [9.17, 15) is 13.2 Å². The van der Waals surface area contributed by atoms with Crippen LogP contribution in [0.15, 0.2) is 29.2 Å². The van der Waals surface area contributed by atoms with Crippen molar-refractivity contribution in [1.82, 2.24) is 9.21 Å². The molecule has 0 unspecified atom stereocenters. The van der Waals surface area contributed by atoms with Gasteiger partial charge in [-0.1, -0.05) is 12.8 Å². The minimum Gasteiger partial charge on any atom is -0.494 e. The van der Waals surface area contributed by atoms with Crippen molar-refractivity contribution in [2.24, 2.45) is 0 Å². The molecule has 1 heterocycles. The standard InChI is InChI=1S/C19H28N2O4S2/c1-2-25-16-7-9-18(10-8-16)27(23,24)21-13-11-20(12-14-21)19(22)15-26-17-5-3-4-6-17/h7-10,17H,2-6,11-15H2,1H3. The van der Waals surface area contributed by atoms with Crippen molar-refractivity contribution in [3.8, 4) is 5.75 Å². The molecule has 1 aliphatic heterocycles. The molecule has 0 bridgehead atoms. The van der Waals surface area contributed by atoms with Gasteiger partial charge in [-0.15, -0.1) is 11.8 Å². The second-order valence-electron chi connectivity index (χ2n) is 6.91. The zero-order valence-corrected chi connectivity index (χ0v) is 17.4. The lowest BCUT2D eigenvalue weighted by atomic mass is 10.3. The average molecular weight is 413 g/mol. The first-order valence-electron chi connectivity index (χ1n) is 9.63. The highest BCUT2D eigenvalue weighted by Gasteiger charge is 2.30. The van der Waals surface area contributed by atoms with Gasteiger partial charge >= 0.3 is 0 Å². The fourth-order valence-electron chi connectivity index (χ4n) is 3.54. The summed E-state index contributed by atoms with van der Waals surface area (Å²) < 4.78 is 32.5. The summed E-state index contributed by atoms with van der Waals surface area (Å²) in [5.41, 5.74) is 0. The van der Waals surface area contributed by atoms with Crippen molar-refractivity contribution < 1.29 is 17.9 Å². The number of piperazine rings is 1. The molecule has 2 fully saturated rings. The number of carbonyl (C=O) groups excluding carboxylic acids is 1. The van der Waals surface area contributed by atoms with Crippen molar-refractivity contribution in [2.45, 2.75) is 42.8 Å². The third kappa shape index (κ3) is 5.18. The second-order valence-corrected chi connectivity index (χ2v) is 10.1. The lowest BCUT2D eigenvalue weighted by Gasteiger charge is -2.34. The summed E-state index contributed by atoms with van der Waals surface area (Å²) in [5.74, 6) is 1.30. The Morgan fingerprint density at radius 1 is 1.11 bits per heavy atom. The number of benzene rings is 1. The van der Waals surface area contributed by atoms with Gasteiger partial charge in [0.15, 0.2) is 0 Å². The van der Waals surface area contributed by atoms with E-state index < -0.39 is 10.0 Å². The molecule has 27 heavy (non-hydrogen) atoms. The van der Waals surface area contributed by atoms with Crippen LogP contribution >= 0.6 is 11.8 Å². The van der Waals surface area contributed by atoms with Gasteiger partial charge in [0.05, 0.1) is 17.3 Å². The molecule has 1 saturated heterocycles. The quantitative estimate of drug-likeness (QED) is 0.689. The Labute approximate surface area is 166 Å². The fourth-order valence-corrected chi connectivity index (χ4v) is 6.19. The predicted molar refractivity (Wildman–Crippen MR) is 108 cm³/mol. The van der Waals surface area contributed by atoms with Crippen molar-refractivity contribution in [1.29, 1.82) is 0 Å². The van der Waals surface area contributed by atoms with Gasteiger partial charge in [-0.05, 0) is 44.0 Å². The number of ether oxygens (including phenoxy) is 1. The molecule has 2 aliphatic rings. The van der Waals surface area contributed by atoms with Crippen LogP contribution in [0.2, 0.25) is 0 Å². The highest BCUT2D eigenvalue weighted by molar-refractivity contribution is 8.00. The van der Waals surface area contributed by atoms with Crippen molar-refractivity contribution >= 4 is 27.7 Å². The number of rotatable bonds is 7. The average Bonchev–Trinajstić information content (AvgIpc) is 3.20. The van der Waals surface area contributed by atoms with E-state index >= 15 is 0 Å². The number of hydrogen-bond acceptors (Lipinski definition) is 5. The van der Waals surface area contributed by atoms with E-state index in [1.54, 1.807) is 40.9 Å². The molecule has 0 spiro atoms. The van der Waals surface area contributed by atoms with Gasteiger partial charge in [0.25, 0.3) is 0 Å². The van der Waals surface area contributed by atoms with E-state index in [-0.39, 0.29) is 10.8 Å². The minimum atomic E-state index is -3.53.